The summed E-state index contributed by atoms with van der Waals surface area (Å²) in [6.45, 7) is 6.38. The SMILES string of the molecule is CC(C)CCOCCn1nnnc1-c1cccc(N)c1. The predicted molar refractivity (Wildman–Crippen MR) is 77.9 cm³/mol. The van der Waals surface area contributed by atoms with E-state index in [-0.39, 0.29) is 0 Å². The largest absolute Gasteiger partial charge is 0.399 e. The fraction of sp³-hybridized carbons (Fsp3) is 0.500. The summed E-state index contributed by atoms with van der Waals surface area (Å²) in [7, 11) is 0. The first kappa shape index (κ1) is 14.5. The average molecular weight is 275 g/mol. The summed E-state index contributed by atoms with van der Waals surface area (Å²) in [5.74, 6) is 1.37. The second kappa shape index (κ2) is 7.00. The fourth-order valence-corrected chi connectivity index (χ4v) is 1.81. The highest BCUT2D eigenvalue weighted by molar-refractivity contribution is 5.60. The highest BCUT2D eigenvalue weighted by atomic mass is 16.5. The quantitative estimate of drug-likeness (QED) is 0.617. The van der Waals surface area contributed by atoms with Gasteiger partial charge in [0.2, 0.25) is 0 Å². The first-order valence-electron chi connectivity index (χ1n) is 6.86. The molecule has 0 unspecified atom stereocenters. The maximum atomic E-state index is 5.78. The van der Waals surface area contributed by atoms with Gasteiger partial charge in [-0.05, 0) is 34.9 Å². The highest BCUT2D eigenvalue weighted by Crippen LogP contribution is 2.18. The minimum absolute atomic E-state index is 0.604. The van der Waals surface area contributed by atoms with Crippen LogP contribution >= 0.6 is 0 Å². The van der Waals surface area contributed by atoms with Crippen molar-refractivity contribution in [3.8, 4) is 11.4 Å². The number of nitrogens with zero attached hydrogens (tertiary/aromatic N) is 4. The molecule has 0 aliphatic carbocycles. The van der Waals surface area contributed by atoms with E-state index in [0.29, 0.717) is 30.6 Å². The number of tetrazole rings is 1. The summed E-state index contributed by atoms with van der Waals surface area (Å²) in [5.41, 5.74) is 7.39. The number of benzene rings is 1. The lowest BCUT2D eigenvalue weighted by Crippen LogP contribution is -2.10. The van der Waals surface area contributed by atoms with Crippen LogP contribution < -0.4 is 5.73 Å². The van der Waals surface area contributed by atoms with Crippen LogP contribution in [0.15, 0.2) is 24.3 Å². The topological polar surface area (TPSA) is 78.8 Å². The van der Waals surface area contributed by atoms with Crippen molar-refractivity contribution in [2.24, 2.45) is 5.92 Å². The number of ether oxygens (including phenoxy) is 1. The predicted octanol–water partition coefficient (Wildman–Crippen LogP) is 1.98. The Morgan fingerprint density at radius 1 is 1.30 bits per heavy atom. The molecule has 0 radical (unpaired) electrons. The summed E-state index contributed by atoms with van der Waals surface area (Å²) < 4.78 is 7.33. The van der Waals surface area contributed by atoms with E-state index in [1.165, 1.54) is 0 Å². The van der Waals surface area contributed by atoms with Gasteiger partial charge in [0.05, 0.1) is 13.2 Å². The number of anilines is 1. The van der Waals surface area contributed by atoms with Crippen LogP contribution in [0, 0.1) is 5.92 Å². The summed E-state index contributed by atoms with van der Waals surface area (Å²) >= 11 is 0. The Bertz CT molecular complexity index is 538. The van der Waals surface area contributed by atoms with Gasteiger partial charge in [-0.2, -0.15) is 0 Å². The molecular weight excluding hydrogens is 254 g/mol. The normalized spacial score (nSPS) is 11.2. The van der Waals surface area contributed by atoms with Gasteiger partial charge < -0.3 is 10.5 Å². The van der Waals surface area contributed by atoms with Crippen molar-refractivity contribution in [3.05, 3.63) is 24.3 Å². The maximum absolute atomic E-state index is 5.78. The molecule has 0 atom stereocenters. The van der Waals surface area contributed by atoms with E-state index in [0.717, 1.165) is 18.6 Å². The molecule has 0 amide bonds. The number of nitrogen functional groups attached to an aromatic ring is 1. The van der Waals surface area contributed by atoms with Gasteiger partial charge in [-0.3, -0.25) is 0 Å². The van der Waals surface area contributed by atoms with Crippen LogP contribution in [0.4, 0.5) is 5.69 Å². The molecule has 108 valence electrons. The second-order valence-corrected chi connectivity index (χ2v) is 5.15. The Kier molecular flexibility index (Phi) is 5.06. The van der Waals surface area contributed by atoms with Crippen LogP contribution in [0.3, 0.4) is 0 Å². The van der Waals surface area contributed by atoms with E-state index in [2.05, 4.69) is 29.4 Å². The number of hydrogen-bond acceptors (Lipinski definition) is 5. The van der Waals surface area contributed by atoms with Crippen LogP contribution in [0.5, 0.6) is 0 Å². The molecule has 0 bridgehead atoms. The maximum Gasteiger partial charge on any atom is 0.182 e. The molecule has 0 saturated carbocycles. The van der Waals surface area contributed by atoms with E-state index in [4.69, 9.17) is 10.5 Å². The molecule has 1 aromatic carbocycles. The van der Waals surface area contributed by atoms with Crippen LogP contribution in [0.2, 0.25) is 0 Å². The van der Waals surface area contributed by atoms with Crippen molar-refractivity contribution < 1.29 is 4.74 Å². The molecule has 1 aromatic heterocycles. The van der Waals surface area contributed by atoms with Crippen molar-refractivity contribution in [1.29, 1.82) is 0 Å². The zero-order valence-corrected chi connectivity index (χ0v) is 12.0. The molecule has 0 aliphatic rings. The zero-order chi connectivity index (χ0) is 14.4. The van der Waals surface area contributed by atoms with Gasteiger partial charge in [-0.25, -0.2) is 4.68 Å². The summed E-state index contributed by atoms with van der Waals surface area (Å²) in [4.78, 5) is 0. The first-order valence-corrected chi connectivity index (χ1v) is 6.86. The summed E-state index contributed by atoms with van der Waals surface area (Å²) in [5, 5.41) is 11.8. The molecule has 0 aliphatic heterocycles. The lowest BCUT2D eigenvalue weighted by Gasteiger charge is -2.07. The molecule has 1 heterocycles. The van der Waals surface area contributed by atoms with E-state index < -0.39 is 0 Å². The number of aromatic nitrogens is 4. The molecule has 2 N–H and O–H groups in total. The van der Waals surface area contributed by atoms with Crippen molar-refractivity contribution in [3.63, 3.8) is 0 Å². The molecule has 0 spiro atoms. The molecule has 0 saturated heterocycles. The van der Waals surface area contributed by atoms with Crippen LogP contribution in [0.25, 0.3) is 11.4 Å². The van der Waals surface area contributed by atoms with E-state index in [1.54, 1.807) is 4.68 Å². The molecule has 6 nitrogen and oxygen atoms in total. The lowest BCUT2D eigenvalue weighted by atomic mass is 10.1. The fourth-order valence-electron chi connectivity index (χ4n) is 1.81. The molecule has 20 heavy (non-hydrogen) atoms. The Hall–Kier alpha value is -1.95. The Labute approximate surface area is 118 Å². The van der Waals surface area contributed by atoms with Crippen molar-refractivity contribution in [1.82, 2.24) is 20.2 Å². The summed E-state index contributed by atoms with van der Waals surface area (Å²) in [6, 6.07) is 7.54. The van der Waals surface area contributed by atoms with E-state index in [1.807, 2.05) is 24.3 Å². The van der Waals surface area contributed by atoms with Gasteiger partial charge in [-0.15, -0.1) is 5.10 Å². The third kappa shape index (κ3) is 4.03. The van der Waals surface area contributed by atoms with Crippen LogP contribution in [-0.2, 0) is 11.3 Å². The Balaban J connectivity index is 1.92. The van der Waals surface area contributed by atoms with Gasteiger partial charge in [0.25, 0.3) is 0 Å². The lowest BCUT2D eigenvalue weighted by molar-refractivity contribution is 0.114. The highest BCUT2D eigenvalue weighted by Gasteiger charge is 2.08. The van der Waals surface area contributed by atoms with Crippen LogP contribution in [-0.4, -0.2) is 33.4 Å². The molecule has 0 fully saturated rings. The molecule has 2 aromatic rings. The van der Waals surface area contributed by atoms with E-state index in [9.17, 15) is 0 Å². The van der Waals surface area contributed by atoms with Gasteiger partial charge >= 0.3 is 0 Å². The van der Waals surface area contributed by atoms with Crippen LogP contribution in [0.1, 0.15) is 20.3 Å². The number of hydrogen-bond donors (Lipinski definition) is 1. The Morgan fingerprint density at radius 3 is 2.90 bits per heavy atom. The van der Waals surface area contributed by atoms with Crippen molar-refractivity contribution >= 4 is 5.69 Å². The number of rotatable bonds is 7. The summed E-state index contributed by atoms with van der Waals surface area (Å²) in [6.07, 6.45) is 1.07. The smallest absolute Gasteiger partial charge is 0.182 e. The minimum atomic E-state index is 0.604. The van der Waals surface area contributed by atoms with Gasteiger partial charge in [-0.1, -0.05) is 26.0 Å². The Morgan fingerprint density at radius 2 is 2.15 bits per heavy atom. The van der Waals surface area contributed by atoms with Gasteiger partial charge in [0, 0.05) is 17.9 Å². The number of nitrogens with two attached hydrogens (primary N) is 1. The average Bonchev–Trinajstić information content (AvgIpc) is 2.86. The van der Waals surface area contributed by atoms with Crippen molar-refractivity contribution in [2.45, 2.75) is 26.8 Å². The third-order valence-electron chi connectivity index (χ3n) is 2.96. The molecular formula is C14H21N5O. The molecule has 2 rings (SSSR count). The monoisotopic (exact) mass is 275 g/mol. The van der Waals surface area contributed by atoms with Gasteiger partial charge in [0.15, 0.2) is 5.82 Å². The second-order valence-electron chi connectivity index (χ2n) is 5.15. The first-order chi connectivity index (χ1) is 9.66. The van der Waals surface area contributed by atoms with Crippen molar-refractivity contribution in [2.75, 3.05) is 18.9 Å². The van der Waals surface area contributed by atoms with Gasteiger partial charge in [0.1, 0.15) is 0 Å². The zero-order valence-electron chi connectivity index (χ0n) is 12.0. The standard InChI is InChI=1S/C14H21N5O/c1-11(2)6-8-20-9-7-19-14(16-17-18-19)12-4-3-5-13(15)10-12/h3-5,10-11H,6-9,15H2,1-2H3. The minimum Gasteiger partial charge on any atom is -0.399 e. The molecule has 6 heteroatoms. The van der Waals surface area contributed by atoms with E-state index >= 15 is 0 Å². The third-order valence-corrected chi connectivity index (χ3v) is 2.96.